The van der Waals surface area contributed by atoms with Gasteiger partial charge in [0.15, 0.2) is 5.75 Å². The topological polar surface area (TPSA) is 60.2 Å². The highest BCUT2D eigenvalue weighted by molar-refractivity contribution is 5.95. The van der Waals surface area contributed by atoms with E-state index in [1.165, 1.54) is 18.2 Å². The first-order valence-corrected chi connectivity index (χ1v) is 5.16. The summed E-state index contributed by atoms with van der Waals surface area (Å²) in [4.78, 5) is 3.63. The Morgan fingerprint density at radius 2 is 1.95 bits per heavy atom. The Kier molecular flexibility index (Phi) is 3.70. The van der Waals surface area contributed by atoms with Gasteiger partial charge in [-0.05, 0) is 12.1 Å². The van der Waals surface area contributed by atoms with Crippen LogP contribution in [0.15, 0.2) is 24.3 Å². The number of fused-ring (bicyclic) bond motifs is 1. The number of hydrogen-bond acceptors (Lipinski definition) is 4. The average molecular weight is 275 g/mol. The van der Waals surface area contributed by atoms with Gasteiger partial charge in [0.2, 0.25) is 0 Å². The number of ether oxygens (including phenoxy) is 1. The van der Waals surface area contributed by atoms with E-state index >= 15 is 0 Å². The van der Waals surface area contributed by atoms with Crippen LogP contribution in [0.25, 0.3) is 10.9 Å². The summed E-state index contributed by atoms with van der Waals surface area (Å²) in [6.45, 7) is -3.07. The predicted octanol–water partition coefficient (Wildman–Crippen LogP) is 3.06. The second kappa shape index (κ2) is 5.27. The lowest BCUT2D eigenvalue weighted by atomic mass is 10.1. The number of halogens is 4. The zero-order valence-electron chi connectivity index (χ0n) is 9.41. The van der Waals surface area contributed by atoms with Crippen molar-refractivity contribution in [2.45, 2.75) is 13.0 Å². The number of rotatable bonds is 4. The van der Waals surface area contributed by atoms with Crippen molar-refractivity contribution in [2.75, 3.05) is 5.43 Å². The standard InChI is InChI=1S/C11H9F4N3O/c12-10(13)7-4-6(18-16)5-2-1-3-8(9(5)17-7)19-11(14)15/h1-4,10-11H,16H2,(H,17,18). The third-order valence-electron chi connectivity index (χ3n) is 2.42. The zero-order valence-corrected chi connectivity index (χ0v) is 9.41. The van der Waals surface area contributed by atoms with Crippen LogP contribution < -0.4 is 16.0 Å². The van der Waals surface area contributed by atoms with E-state index < -0.39 is 18.7 Å². The molecule has 0 radical (unpaired) electrons. The number of pyridine rings is 1. The molecule has 0 saturated heterocycles. The molecule has 0 aliphatic carbocycles. The quantitative estimate of drug-likeness (QED) is 0.511. The van der Waals surface area contributed by atoms with Crippen molar-refractivity contribution < 1.29 is 22.3 Å². The van der Waals surface area contributed by atoms with Crippen LogP contribution in [-0.2, 0) is 0 Å². The molecular weight excluding hydrogens is 266 g/mol. The van der Waals surface area contributed by atoms with Gasteiger partial charge in [-0.2, -0.15) is 8.78 Å². The Labute approximate surface area is 105 Å². The van der Waals surface area contributed by atoms with E-state index in [9.17, 15) is 17.6 Å². The van der Waals surface area contributed by atoms with Crippen LogP contribution in [-0.4, -0.2) is 11.6 Å². The molecule has 0 unspecified atom stereocenters. The summed E-state index contributed by atoms with van der Waals surface area (Å²) >= 11 is 0. The molecule has 0 saturated carbocycles. The Bertz CT molecular complexity index is 591. The maximum Gasteiger partial charge on any atom is 0.387 e. The molecule has 0 fully saturated rings. The SMILES string of the molecule is NNc1cc(C(F)F)nc2c(OC(F)F)cccc12. The van der Waals surface area contributed by atoms with E-state index in [0.29, 0.717) is 5.39 Å². The Hall–Kier alpha value is -2.09. The van der Waals surface area contributed by atoms with Crippen LogP contribution in [0.2, 0.25) is 0 Å². The second-order valence-corrected chi connectivity index (χ2v) is 3.57. The number of nitrogens with one attached hydrogen (secondary N) is 1. The smallest absolute Gasteiger partial charge is 0.387 e. The summed E-state index contributed by atoms with van der Waals surface area (Å²) in [5.41, 5.74) is 1.70. The van der Waals surface area contributed by atoms with Crippen molar-refractivity contribution >= 4 is 16.6 Å². The molecule has 0 atom stereocenters. The fourth-order valence-electron chi connectivity index (χ4n) is 1.66. The molecule has 0 spiro atoms. The number of alkyl halides is 4. The fourth-order valence-corrected chi connectivity index (χ4v) is 1.66. The molecule has 1 heterocycles. The van der Waals surface area contributed by atoms with E-state index in [0.717, 1.165) is 6.07 Å². The van der Waals surface area contributed by atoms with Gasteiger partial charge in [0, 0.05) is 5.39 Å². The first-order valence-electron chi connectivity index (χ1n) is 5.16. The first kappa shape index (κ1) is 13.3. The molecule has 4 nitrogen and oxygen atoms in total. The third kappa shape index (κ3) is 2.68. The van der Waals surface area contributed by atoms with Crippen molar-refractivity contribution in [1.82, 2.24) is 4.98 Å². The molecule has 1 aromatic heterocycles. The predicted molar refractivity (Wildman–Crippen MR) is 61.1 cm³/mol. The van der Waals surface area contributed by atoms with E-state index in [1.54, 1.807) is 0 Å². The molecule has 2 aromatic rings. The number of hydrazine groups is 1. The van der Waals surface area contributed by atoms with Crippen molar-refractivity contribution in [1.29, 1.82) is 0 Å². The normalized spacial score (nSPS) is 11.3. The number of anilines is 1. The van der Waals surface area contributed by atoms with Crippen LogP contribution >= 0.6 is 0 Å². The lowest BCUT2D eigenvalue weighted by molar-refractivity contribution is -0.0489. The molecule has 102 valence electrons. The molecule has 2 rings (SSSR count). The summed E-state index contributed by atoms with van der Waals surface area (Å²) < 4.78 is 54.1. The van der Waals surface area contributed by atoms with E-state index in [2.05, 4.69) is 15.1 Å². The van der Waals surface area contributed by atoms with Gasteiger partial charge in [0.25, 0.3) is 6.43 Å². The minimum Gasteiger partial charge on any atom is -0.432 e. The molecule has 19 heavy (non-hydrogen) atoms. The molecule has 3 N–H and O–H groups in total. The minimum absolute atomic E-state index is 0.103. The first-order chi connectivity index (χ1) is 9.02. The van der Waals surface area contributed by atoms with E-state index in [-0.39, 0.29) is 17.0 Å². The molecular formula is C11H9F4N3O. The molecule has 1 aromatic carbocycles. The molecule has 0 amide bonds. The average Bonchev–Trinajstić information content (AvgIpc) is 2.37. The summed E-state index contributed by atoms with van der Waals surface area (Å²) in [5.74, 6) is 4.94. The van der Waals surface area contributed by atoms with Gasteiger partial charge < -0.3 is 10.2 Å². The molecule has 8 heteroatoms. The molecule has 0 aliphatic heterocycles. The third-order valence-corrected chi connectivity index (χ3v) is 2.42. The Balaban J connectivity index is 2.68. The van der Waals surface area contributed by atoms with Gasteiger partial charge in [-0.15, -0.1) is 0 Å². The number of aromatic nitrogens is 1. The number of para-hydroxylation sites is 1. The molecule has 0 aliphatic rings. The number of nitrogen functional groups attached to an aromatic ring is 1. The van der Waals surface area contributed by atoms with Crippen LogP contribution in [0.4, 0.5) is 23.2 Å². The molecule has 0 bridgehead atoms. The van der Waals surface area contributed by atoms with Crippen molar-refractivity contribution in [3.63, 3.8) is 0 Å². The van der Waals surface area contributed by atoms with Gasteiger partial charge in [0.1, 0.15) is 11.2 Å². The van der Waals surface area contributed by atoms with Crippen LogP contribution in [0.3, 0.4) is 0 Å². The zero-order chi connectivity index (χ0) is 14.0. The largest absolute Gasteiger partial charge is 0.432 e. The highest BCUT2D eigenvalue weighted by Gasteiger charge is 2.16. The van der Waals surface area contributed by atoms with Crippen LogP contribution in [0.5, 0.6) is 5.75 Å². The number of nitrogens with two attached hydrogens (primary N) is 1. The lowest BCUT2D eigenvalue weighted by Gasteiger charge is -2.12. The summed E-state index contributed by atoms with van der Waals surface area (Å²) in [6.07, 6.45) is -2.85. The number of benzene rings is 1. The summed E-state index contributed by atoms with van der Waals surface area (Å²) in [5, 5.41) is 0.310. The summed E-state index contributed by atoms with van der Waals surface area (Å²) in [7, 11) is 0. The van der Waals surface area contributed by atoms with Gasteiger partial charge in [0.05, 0.1) is 5.69 Å². The summed E-state index contributed by atoms with van der Waals surface area (Å²) in [6, 6.07) is 5.21. The Morgan fingerprint density at radius 3 is 2.53 bits per heavy atom. The van der Waals surface area contributed by atoms with E-state index in [1.807, 2.05) is 0 Å². The van der Waals surface area contributed by atoms with Crippen LogP contribution in [0.1, 0.15) is 12.1 Å². The maximum absolute atomic E-state index is 12.7. The van der Waals surface area contributed by atoms with Crippen molar-refractivity contribution in [3.8, 4) is 5.75 Å². The number of hydrogen-bond donors (Lipinski definition) is 2. The highest BCUT2D eigenvalue weighted by atomic mass is 19.3. The monoisotopic (exact) mass is 275 g/mol. The lowest BCUT2D eigenvalue weighted by Crippen LogP contribution is -2.09. The van der Waals surface area contributed by atoms with Gasteiger partial charge >= 0.3 is 6.61 Å². The Morgan fingerprint density at radius 1 is 1.21 bits per heavy atom. The van der Waals surface area contributed by atoms with E-state index in [4.69, 9.17) is 5.84 Å². The maximum atomic E-state index is 12.7. The van der Waals surface area contributed by atoms with Crippen molar-refractivity contribution in [3.05, 3.63) is 30.0 Å². The van der Waals surface area contributed by atoms with Crippen molar-refractivity contribution in [2.24, 2.45) is 5.84 Å². The second-order valence-electron chi connectivity index (χ2n) is 3.57. The number of nitrogens with zero attached hydrogens (tertiary/aromatic N) is 1. The van der Waals surface area contributed by atoms with Gasteiger partial charge in [-0.3, -0.25) is 5.84 Å². The highest BCUT2D eigenvalue weighted by Crippen LogP contribution is 2.32. The van der Waals surface area contributed by atoms with Gasteiger partial charge in [-0.25, -0.2) is 13.8 Å². The van der Waals surface area contributed by atoms with Crippen LogP contribution in [0, 0.1) is 0 Å². The minimum atomic E-state index is -3.07. The fraction of sp³-hybridized carbons (Fsp3) is 0.182. The van der Waals surface area contributed by atoms with Gasteiger partial charge in [-0.1, -0.05) is 12.1 Å².